The minimum absolute atomic E-state index is 0.182. The SMILES string of the molecule is C#CCN1CCC(NC(C)c2ccc(F)cc2)CC1. The van der Waals surface area contributed by atoms with E-state index in [9.17, 15) is 4.39 Å². The molecule has 1 N–H and O–H groups in total. The van der Waals surface area contributed by atoms with Gasteiger partial charge < -0.3 is 5.32 Å². The third-order valence-electron chi connectivity index (χ3n) is 3.76. The summed E-state index contributed by atoms with van der Waals surface area (Å²) in [7, 11) is 0. The summed E-state index contributed by atoms with van der Waals surface area (Å²) < 4.78 is 12.9. The van der Waals surface area contributed by atoms with Gasteiger partial charge in [-0.1, -0.05) is 18.1 Å². The Morgan fingerprint density at radius 1 is 1.37 bits per heavy atom. The molecule has 1 aromatic carbocycles. The van der Waals surface area contributed by atoms with Crippen molar-refractivity contribution >= 4 is 0 Å². The van der Waals surface area contributed by atoms with Gasteiger partial charge in [-0.2, -0.15) is 0 Å². The molecule has 102 valence electrons. The molecule has 2 nitrogen and oxygen atoms in total. The largest absolute Gasteiger partial charge is 0.307 e. The van der Waals surface area contributed by atoms with E-state index in [1.54, 1.807) is 0 Å². The molecule has 1 heterocycles. The molecule has 0 amide bonds. The van der Waals surface area contributed by atoms with Gasteiger partial charge in [0.15, 0.2) is 0 Å². The zero-order valence-electron chi connectivity index (χ0n) is 11.4. The lowest BCUT2D eigenvalue weighted by Gasteiger charge is -2.33. The van der Waals surface area contributed by atoms with E-state index >= 15 is 0 Å². The highest BCUT2D eigenvalue weighted by molar-refractivity contribution is 5.19. The molecule has 0 radical (unpaired) electrons. The number of likely N-dealkylation sites (tertiary alicyclic amines) is 1. The maximum atomic E-state index is 12.9. The van der Waals surface area contributed by atoms with Crippen molar-refractivity contribution in [2.45, 2.75) is 31.8 Å². The van der Waals surface area contributed by atoms with Crippen LogP contribution in [0.2, 0.25) is 0 Å². The van der Waals surface area contributed by atoms with E-state index in [-0.39, 0.29) is 11.9 Å². The Morgan fingerprint density at radius 3 is 2.58 bits per heavy atom. The first-order chi connectivity index (χ1) is 9.19. The smallest absolute Gasteiger partial charge is 0.123 e. The number of hydrogen-bond donors (Lipinski definition) is 1. The standard InChI is InChI=1S/C16H21FN2/c1-3-10-19-11-8-16(9-12-19)18-13(2)14-4-6-15(17)7-5-14/h1,4-7,13,16,18H,8-12H2,2H3. The number of nitrogens with zero attached hydrogens (tertiary/aromatic N) is 1. The third kappa shape index (κ3) is 4.05. The van der Waals surface area contributed by atoms with Crippen molar-refractivity contribution < 1.29 is 4.39 Å². The molecule has 0 spiro atoms. The maximum Gasteiger partial charge on any atom is 0.123 e. The summed E-state index contributed by atoms with van der Waals surface area (Å²) in [6.07, 6.45) is 7.56. The van der Waals surface area contributed by atoms with Gasteiger partial charge in [0.1, 0.15) is 5.82 Å². The molecule has 1 aliphatic heterocycles. The average molecular weight is 260 g/mol. The molecule has 1 fully saturated rings. The van der Waals surface area contributed by atoms with Crippen molar-refractivity contribution in [1.29, 1.82) is 0 Å². The Balaban J connectivity index is 1.82. The molecule has 0 aliphatic carbocycles. The van der Waals surface area contributed by atoms with Gasteiger partial charge in [0.25, 0.3) is 0 Å². The van der Waals surface area contributed by atoms with E-state index in [2.05, 4.69) is 23.1 Å². The van der Waals surface area contributed by atoms with Gasteiger partial charge in [0, 0.05) is 25.2 Å². The van der Waals surface area contributed by atoms with Gasteiger partial charge in [-0.05, 0) is 37.5 Å². The molecule has 0 saturated carbocycles. The molecule has 19 heavy (non-hydrogen) atoms. The van der Waals surface area contributed by atoms with Crippen LogP contribution < -0.4 is 5.32 Å². The molecule has 3 heteroatoms. The highest BCUT2D eigenvalue weighted by Crippen LogP contribution is 2.17. The quantitative estimate of drug-likeness (QED) is 0.837. The van der Waals surface area contributed by atoms with Crippen molar-refractivity contribution in [2.75, 3.05) is 19.6 Å². The van der Waals surface area contributed by atoms with E-state index in [0.717, 1.165) is 38.0 Å². The molecule has 1 aliphatic rings. The summed E-state index contributed by atoms with van der Waals surface area (Å²) in [5.41, 5.74) is 1.13. The first-order valence-corrected chi connectivity index (χ1v) is 6.86. The van der Waals surface area contributed by atoms with Crippen LogP contribution >= 0.6 is 0 Å². The number of piperidine rings is 1. The maximum absolute atomic E-state index is 12.9. The molecule has 1 atom stereocenters. The fourth-order valence-corrected chi connectivity index (χ4v) is 2.59. The summed E-state index contributed by atoms with van der Waals surface area (Å²) in [5, 5.41) is 3.62. The zero-order valence-corrected chi connectivity index (χ0v) is 11.4. The highest BCUT2D eigenvalue weighted by atomic mass is 19.1. The average Bonchev–Trinajstić information content (AvgIpc) is 2.42. The highest BCUT2D eigenvalue weighted by Gasteiger charge is 2.20. The Labute approximate surface area is 115 Å². The number of hydrogen-bond acceptors (Lipinski definition) is 2. The minimum Gasteiger partial charge on any atom is -0.307 e. The Kier molecular flexibility index (Phi) is 4.95. The van der Waals surface area contributed by atoms with E-state index < -0.39 is 0 Å². The number of terminal acetylenes is 1. The Morgan fingerprint density at radius 2 is 2.00 bits per heavy atom. The molecular formula is C16H21FN2. The van der Waals surface area contributed by atoms with Crippen molar-refractivity contribution in [3.8, 4) is 12.3 Å². The van der Waals surface area contributed by atoms with Crippen LogP contribution in [0.15, 0.2) is 24.3 Å². The van der Waals surface area contributed by atoms with E-state index in [0.29, 0.717) is 6.04 Å². The van der Waals surface area contributed by atoms with Crippen LogP contribution in [0.5, 0.6) is 0 Å². The van der Waals surface area contributed by atoms with Crippen LogP contribution in [0.25, 0.3) is 0 Å². The second kappa shape index (κ2) is 6.70. The van der Waals surface area contributed by atoms with E-state index in [1.807, 2.05) is 12.1 Å². The zero-order chi connectivity index (χ0) is 13.7. The predicted molar refractivity (Wildman–Crippen MR) is 76.2 cm³/mol. The van der Waals surface area contributed by atoms with Crippen molar-refractivity contribution in [1.82, 2.24) is 10.2 Å². The molecule has 1 aromatic rings. The van der Waals surface area contributed by atoms with E-state index in [1.165, 1.54) is 12.1 Å². The number of rotatable bonds is 4. The molecular weight excluding hydrogens is 239 g/mol. The second-order valence-corrected chi connectivity index (χ2v) is 5.19. The molecule has 1 unspecified atom stereocenters. The fraction of sp³-hybridized carbons (Fsp3) is 0.500. The van der Waals surface area contributed by atoms with Crippen LogP contribution in [0, 0.1) is 18.2 Å². The first-order valence-electron chi connectivity index (χ1n) is 6.86. The third-order valence-corrected chi connectivity index (χ3v) is 3.76. The van der Waals surface area contributed by atoms with Gasteiger partial charge in [0.05, 0.1) is 6.54 Å². The molecule has 2 rings (SSSR count). The van der Waals surface area contributed by atoms with Crippen LogP contribution in [0.3, 0.4) is 0 Å². The lowest BCUT2D eigenvalue weighted by molar-refractivity contribution is 0.211. The van der Waals surface area contributed by atoms with Crippen LogP contribution in [0.4, 0.5) is 4.39 Å². The van der Waals surface area contributed by atoms with Gasteiger partial charge in [0.2, 0.25) is 0 Å². The van der Waals surface area contributed by atoms with Crippen molar-refractivity contribution in [3.63, 3.8) is 0 Å². The topological polar surface area (TPSA) is 15.3 Å². The van der Waals surface area contributed by atoms with Gasteiger partial charge >= 0.3 is 0 Å². The number of benzene rings is 1. The van der Waals surface area contributed by atoms with E-state index in [4.69, 9.17) is 6.42 Å². The number of nitrogens with one attached hydrogen (secondary N) is 1. The van der Waals surface area contributed by atoms with Crippen molar-refractivity contribution in [2.24, 2.45) is 0 Å². The van der Waals surface area contributed by atoms with Gasteiger partial charge in [-0.25, -0.2) is 4.39 Å². The predicted octanol–water partition coefficient (Wildman–Crippen LogP) is 2.57. The van der Waals surface area contributed by atoms with Crippen LogP contribution in [-0.4, -0.2) is 30.6 Å². The summed E-state index contributed by atoms with van der Waals surface area (Å²) in [5.74, 6) is 2.51. The second-order valence-electron chi connectivity index (χ2n) is 5.19. The lowest BCUT2D eigenvalue weighted by Crippen LogP contribution is -2.43. The Bertz CT molecular complexity index is 427. The van der Waals surface area contributed by atoms with Crippen LogP contribution in [0.1, 0.15) is 31.4 Å². The lowest BCUT2D eigenvalue weighted by atomic mass is 10.0. The minimum atomic E-state index is -0.182. The van der Waals surface area contributed by atoms with Crippen molar-refractivity contribution in [3.05, 3.63) is 35.6 Å². The summed E-state index contributed by atoms with van der Waals surface area (Å²) in [6, 6.07) is 7.51. The first kappa shape index (κ1) is 14.0. The molecule has 1 saturated heterocycles. The fourth-order valence-electron chi connectivity index (χ4n) is 2.59. The van der Waals surface area contributed by atoms with Gasteiger partial charge in [-0.15, -0.1) is 6.42 Å². The Hall–Kier alpha value is -1.37. The van der Waals surface area contributed by atoms with Crippen LogP contribution in [-0.2, 0) is 0 Å². The normalized spacial score (nSPS) is 19.0. The summed E-state index contributed by atoms with van der Waals surface area (Å²) in [6.45, 7) is 4.98. The monoisotopic (exact) mass is 260 g/mol. The molecule has 0 bridgehead atoms. The number of halogens is 1. The summed E-state index contributed by atoms with van der Waals surface area (Å²) in [4.78, 5) is 2.31. The molecule has 0 aromatic heterocycles. The summed E-state index contributed by atoms with van der Waals surface area (Å²) >= 11 is 0. The van der Waals surface area contributed by atoms with Gasteiger partial charge in [-0.3, -0.25) is 4.90 Å².